The third-order valence-electron chi connectivity index (χ3n) is 1.53. The molecule has 0 amide bonds. The van der Waals surface area contributed by atoms with Crippen molar-refractivity contribution in [3.8, 4) is 0 Å². The van der Waals surface area contributed by atoms with E-state index in [1.54, 1.807) is 12.4 Å². The minimum Gasteiger partial charge on any atom is -0.241 e. The molecule has 0 aromatic carbocycles. The van der Waals surface area contributed by atoms with E-state index >= 15 is 0 Å². The Morgan fingerprint density at radius 3 is 2.30 bits per heavy atom. The fourth-order valence-corrected chi connectivity index (χ4v) is 0.863. The summed E-state index contributed by atoms with van der Waals surface area (Å²) in [6.45, 7) is 0. The SMILES string of the molecule is [K].c1cnc(C2CC2)nc1. The van der Waals surface area contributed by atoms with Gasteiger partial charge >= 0.3 is 0 Å². The molecule has 1 fully saturated rings. The van der Waals surface area contributed by atoms with Gasteiger partial charge in [0.05, 0.1) is 0 Å². The van der Waals surface area contributed by atoms with Crippen molar-refractivity contribution in [1.29, 1.82) is 0 Å². The summed E-state index contributed by atoms with van der Waals surface area (Å²) in [6.07, 6.45) is 6.18. The molecule has 1 heterocycles. The maximum absolute atomic E-state index is 4.13. The van der Waals surface area contributed by atoms with Gasteiger partial charge in [-0.05, 0) is 18.9 Å². The van der Waals surface area contributed by atoms with Gasteiger partial charge in [-0.3, -0.25) is 0 Å². The molecule has 1 aromatic rings. The van der Waals surface area contributed by atoms with E-state index in [0.29, 0.717) is 5.92 Å². The molecule has 1 aromatic heterocycles. The second-order valence-corrected chi connectivity index (χ2v) is 2.38. The Labute approximate surface area is 103 Å². The molecule has 0 unspecified atom stereocenters. The van der Waals surface area contributed by atoms with Gasteiger partial charge in [-0.1, -0.05) is 0 Å². The normalized spacial score (nSPS) is 16.0. The van der Waals surface area contributed by atoms with Crippen LogP contribution in [0.15, 0.2) is 18.5 Å². The van der Waals surface area contributed by atoms with E-state index in [1.807, 2.05) is 6.07 Å². The van der Waals surface area contributed by atoms with Crippen LogP contribution < -0.4 is 0 Å². The van der Waals surface area contributed by atoms with Gasteiger partial charge in [0.25, 0.3) is 0 Å². The van der Waals surface area contributed by atoms with Gasteiger partial charge in [0, 0.05) is 69.7 Å². The summed E-state index contributed by atoms with van der Waals surface area (Å²) >= 11 is 0. The maximum atomic E-state index is 4.13. The van der Waals surface area contributed by atoms with Gasteiger partial charge in [0.2, 0.25) is 0 Å². The Hall–Kier alpha value is 0.716. The van der Waals surface area contributed by atoms with Gasteiger partial charge in [-0.25, -0.2) is 9.97 Å². The van der Waals surface area contributed by atoms with Crippen LogP contribution in [0.5, 0.6) is 0 Å². The predicted octanol–water partition coefficient (Wildman–Crippen LogP) is 0.973. The zero-order chi connectivity index (χ0) is 6.10. The molecule has 47 valence electrons. The van der Waals surface area contributed by atoms with Crippen molar-refractivity contribution in [2.24, 2.45) is 0 Å². The van der Waals surface area contributed by atoms with Crippen molar-refractivity contribution >= 4 is 51.4 Å². The van der Waals surface area contributed by atoms with Gasteiger partial charge < -0.3 is 0 Å². The molecule has 3 heteroatoms. The molecule has 10 heavy (non-hydrogen) atoms. The van der Waals surface area contributed by atoms with Crippen LogP contribution in [0.4, 0.5) is 0 Å². The summed E-state index contributed by atoms with van der Waals surface area (Å²) in [5.41, 5.74) is 0. The van der Waals surface area contributed by atoms with E-state index in [-0.39, 0.29) is 51.4 Å². The van der Waals surface area contributed by atoms with Gasteiger partial charge in [0.1, 0.15) is 5.82 Å². The van der Waals surface area contributed by atoms with Gasteiger partial charge in [0.15, 0.2) is 0 Å². The van der Waals surface area contributed by atoms with Crippen molar-refractivity contribution in [3.05, 3.63) is 24.3 Å². The summed E-state index contributed by atoms with van der Waals surface area (Å²) < 4.78 is 0. The molecule has 2 nitrogen and oxygen atoms in total. The number of nitrogens with zero attached hydrogens (tertiary/aromatic N) is 2. The third-order valence-corrected chi connectivity index (χ3v) is 1.53. The number of rotatable bonds is 1. The number of hydrogen-bond donors (Lipinski definition) is 0. The van der Waals surface area contributed by atoms with Crippen LogP contribution in [-0.4, -0.2) is 61.4 Å². The Bertz CT molecular complexity index is 196. The molecule has 2 rings (SSSR count). The van der Waals surface area contributed by atoms with Crippen molar-refractivity contribution < 1.29 is 0 Å². The summed E-state index contributed by atoms with van der Waals surface area (Å²) in [7, 11) is 0. The number of aromatic nitrogens is 2. The fraction of sp³-hybridized carbons (Fsp3) is 0.429. The van der Waals surface area contributed by atoms with Crippen LogP contribution in [0.2, 0.25) is 0 Å². The molecule has 0 atom stereocenters. The van der Waals surface area contributed by atoms with Crippen LogP contribution in [0.1, 0.15) is 24.6 Å². The minimum absolute atomic E-state index is 0. The van der Waals surface area contributed by atoms with E-state index in [1.165, 1.54) is 12.8 Å². The third kappa shape index (κ3) is 2.10. The van der Waals surface area contributed by atoms with E-state index in [4.69, 9.17) is 0 Å². The average molecular weight is 159 g/mol. The van der Waals surface area contributed by atoms with E-state index < -0.39 is 0 Å². The molecule has 1 saturated carbocycles. The molecular weight excluding hydrogens is 151 g/mol. The quantitative estimate of drug-likeness (QED) is 0.571. The first-order valence-electron chi connectivity index (χ1n) is 3.24. The average Bonchev–Trinajstić information content (AvgIpc) is 2.71. The summed E-state index contributed by atoms with van der Waals surface area (Å²) in [5, 5.41) is 0. The first-order valence-corrected chi connectivity index (χ1v) is 3.24. The topological polar surface area (TPSA) is 25.8 Å². The van der Waals surface area contributed by atoms with Crippen molar-refractivity contribution in [2.45, 2.75) is 18.8 Å². The van der Waals surface area contributed by atoms with Crippen LogP contribution in [0, 0.1) is 0 Å². The van der Waals surface area contributed by atoms with Crippen LogP contribution in [0.3, 0.4) is 0 Å². The summed E-state index contributed by atoms with van der Waals surface area (Å²) in [6, 6.07) is 1.85. The van der Waals surface area contributed by atoms with Crippen LogP contribution >= 0.6 is 0 Å². The molecule has 0 spiro atoms. The molecule has 1 aliphatic rings. The van der Waals surface area contributed by atoms with E-state index in [2.05, 4.69) is 9.97 Å². The zero-order valence-electron chi connectivity index (χ0n) is 6.12. The molecule has 0 aliphatic heterocycles. The Morgan fingerprint density at radius 2 is 1.80 bits per heavy atom. The first kappa shape index (κ1) is 8.81. The Kier molecular flexibility index (Phi) is 3.46. The summed E-state index contributed by atoms with van der Waals surface area (Å²) in [4.78, 5) is 8.26. The Morgan fingerprint density at radius 1 is 1.20 bits per heavy atom. The largest absolute Gasteiger partial charge is 0.241 e. The predicted molar refractivity (Wildman–Crippen MR) is 39.8 cm³/mol. The Balaban J connectivity index is 0.000000500. The van der Waals surface area contributed by atoms with Crippen molar-refractivity contribution in [2.75, 3.05) is 0 Å². The van der Waals surface area contributed by atoms with E-state index in [0.717, 1.165) is 5.82 Å². The second-order valence-electron chi connectivity index (χ2n) is 2.38. The van der Waals surface area contributed by atoms with E-state index in [9.17, 15) is 0 Å². The van der Waals surface area contributed by atoms with Gasteiger partial charge in [-0.2, -0.15) is 0 Å². The smallest absolute Gasteiger partial charge is 0.131 e. The zero-order valence-corrected chi connectivity index (χ0v) is 9.24. The first-order chi connectivity index (χ1) is 4.47. The minimum atomic E-state index is 0. The molecular formula is C7H8KN2. The molecule has 0 bridgehead atoms. The molecule has 0 N–H and O–H groups in total. The molecule has 1 aliphatic carbocycles. The summed E-state index contributed by atoms with van der Waals surface area (Å²) in [5.74, 6) is 1.71. The standard InChI is InChI=1S/C7H8N2.K/c1-4-8-7(9-5-1)6-2-3-6;/h1,4-6H,2-3H2;. The van der Waals surface area contributed by atoms with Gasteiger partial charge in [-0.15, -0.1) is 0 Å². The molecule has 1 radical (unpaired) electrons. The van der Waals surface area contributed by atoms with Crippen molar-refractivity contribution in [1.82, 2.24) is 9.97 Å². The maximum Gasteiger partial charge on any atom is 0.131 e. The second kappa shape index (κ2) is 3.92. The van der Waals surface area contributed by atoms with Crippen LogP contribution in [-0.2, 0) is 0 Å². The fourth-order valence-electron chi connectivity index (χ4n) is 0.863. The van der Waals surface area contributed by atoms with Crippen molar-refractivity contribution in [3.63, 3.8) is 0 Å². The number of hydrogen-bond acceptors (Lipinski definition) is 2. The monoisotopic (exact) mass is 159 g/mol. The molecule has 0 saturated heterocycles. The van der Waals surface area contributed by atoms with Crippen LogP contribution in [0.25, 0.3) is 0 Å².